The molecule has 1 heterocycles. The van der Waals surface area contributed by atoms with Crippen LogP contribution in [0, 0.1) is 0 Å². The van der Waals surface area contributed by atoms with Crippen LogP contribution < -0.4 is 0 Å². The molecule has 1 atom stereocenters. The zero-order valence-corrected chi connectivity index (χ0v) is 10.7. The number of carbonyl (C=O) groups is 1. The highest BCUT2D eigenvalue weighted by Crippen LogP contribution is 2.35. The van der Waals surface area contributed by atoms with Crippen LogP contribution in [0.4, 0.5) is 0 Å². The van der Waals surface area contributed by atoms with Crippen molar-refractivity contribution in [3.8, 4) is 11.4 Å². The Morgan fingerprint density at radius 2 is 1.84 bits per heavy atom. The third-order valence-corrected chi connectivity index (χ3v) is 3.69. The van der Waals surface area contributed by atoms with Crippen LogP contribution in [0.2, 0.25) is 0 Å². The second-order valence-electron chi connectivity index (χ2n) is 4.99. The molecule has 96 valence electrons. The average molecular weight is 252 g/mol. The Labute approximate surface area is 112 Å². The number of benzene rings is 1. The van der Waals surface area contributed by atoms with Gasteiger partial charge in [0.1, 0.15) is 5.78 Å². The summed E-state index contributed by atoms with van der Waals surface area (Å²) in [5.41, 5.74) is 2.27. The maximum atomic E-state index is 11.7. The number of aromatic nitrogens is 2. The van der Waals surface area contributed by atoms with Crippen molar-refractivity contribution in [2.45, 2.75) is 31.6 Å². The van der Waals surface area contributed by atoms with Crippen molar-refractivity contribution in [1.29, 1.82) is 0 Å². The minimum Gasteiger partial charge on any atom is -0.300 e. The quantitative estimate of drug-likeness (QED) is 0.823. The SMILES string of the molecule is O=C1CCCC(c2ccccc2-c2ncccn2)C1. The zero-order valence-electron chi connectivity index (χ0n) is 10.7. The van der Waals surface area contributed by atoms with E-state index in [9.17, 15) is 4.79 Å². The first-order chi connectivity index (χ1) is 9.34. The monoisotopic (exact) mass is 252 g/mol. The van der Waals surface area contributed by atoms with Crippen molar-refractivity contribution in [2.75, 3.05) is 0 Å². The predicted molar refractivity (Wildman–Crippen MR) is 73.7 cm³/mol. The third kappa shape index (κ3) is 2.55. The molecule has 1 unspecified atom stereocenters. The van der Waals surface area contributed by atoms with E-state index in [0.29, 0.717) is 18.1 Å². The topological polar surface area (TPSA) is 42.9 Å². The Kier molecular flexibility index (Phi) is 3.36. The Morgan fingerprint density at radius 1 is 1.05 bits per heavy atom. The van der Waals surface area contributed by atoms with E-state index in [0.717, 1.165) is 30.7 Å². The number of nitrogens with zero attached hydrogens (tertiary/aromatic N) is 2. The maximum absolute atomic E-state index is 11.7. The predicted octanol–water partition coefficient (Wildman–Crippen LogP) is 3.37. The number of hydrogen-bond acceptors (Lipinski definition) is 3. The molecule has 0 radical (unpaired) electrons. The first-order valence-electron chi connectivity index (χ1n) is 6.72. The summed E-state index contributed by atoms with van der Waals surface area (Å²) in [6, 6.07) is 10.00. The summed E-state index contributed by atoms with van der Waals surface area (Å²) in [6.07, 6.45) is 6.98. The van der Waals surface area contributed by atoms with Crippen molar-refractivity contribution in [2.24, 2.45) is 0 Å². The fraction of sp³-hybridized carbons (Fsp3) is 0.312. The van der Waals surface area contributed by atoms with Gasteiger partial charge in [-0.3, -0.25) is 4.79 Å². The van der Waals surface area contributed by atoms with Gasteiger partial charge in [0, 0.05) is 30.8 Å². The van der Waals surface area contributed by atoms with Crippen LogP contribution in [-0.2, 0) is 4.79 Å². The molecular weight excluding hydrogens is 236 g/mol. The van der Waals surface area contributed by atoms with E-state index >= 15 is 0 Å². The molecule has 1 fully saturated rings. The number of rotatable bonds is 2. The first-order valence-corrected chi connectivity index (χ1v) is 6.72. The second kappa shape index (κ2) is 5.31. The normalized spacial score (nSPS) is 19.4. The lowest BCUT2D eigenvalue weighted by molar-refractivity contribution is -0.120. The molecule has 1 aliphatic rings. The zero-order chi connectivity index (χ0) is 13.1. The highest BCUT2D eigenvalue weighted by Gasteiger charge is 2.23. The van der Waals surface area contributed by atoms with Crippen molar-refractivity contribution in [1.82, 2.24) is 9.97 Å². The van der Waals surface area contributed by atoms with Crippen LogP contribution >= 0.6 is 0 Å². The number of hydrogen-bond donors (Lipinski definition) is 0. The highest BCUT2D eigenvalue weighted by atomic mass is 16.1. The molecule has 19 heavy (non-hydrogen) atoms. The largest absolute Gasteiger partial charge is 0.300 e. The molecule has 0 amide bonds. The fourth-order valence-corrected chi connectivity index (χ4v) is 2.78. The highest BCUT2D eigenvalue weighted by molar-refractivity contribution is 5.80. The molecule has 0 aliphatic heterocycles. The van der Waals surface area contributed by atoms with Crippen LogP contribution in [-0.4, -0.2) is 15.8 Å². The van der Waals surface area contributed by atoms with Crippen LogP contribution in [0.5, 0.6) is 0 Å². The van der Waals surface area contributed by atoms with Gasteiger partial charge in [0.25, 0.3) is 0 Å². The lowest BCUT2D eigenvalue weighted by Crippen LogP contribution is -2.14. The van der Waals surface area contributed by atoms with E-state index in [4.69, 9.17) is 0 Å². The van der Waals surface area contributed by atoms with Crippen LogP contribution in [0.25, 0.3) is 11.4 Å². The van der Waals surface area contributed by atoms with Crippen molar-refractivity contribution >= 4 is 5.78 Å². The van der Waals surface area contributed by atoms with Gasteiger partial charge in [-0.15, -0.1) is 0 Å². The van der Waals surface area contributed by atoms with Gasteiger partial charge in [0.05, 0.1) is 0 Å². The van der Waals surface area contributed by atoms with Crippen molar-refractivity contribution in [3.63, 3.8) is 0 Å². The Hall–Kier alpha value is -2.03. The molecule has 3 rings (SSSR count). The Morgan fingerprint density at radius 3 is 2.63 bits per heavy atom. The molecule has 0 saturated heterocycles. The third-order valence-electron chi connectivity index (χ3n) is 3.69. The molecule has 1 aromatic carbocycles. The van der Waals surface area contributed by atoms with Gasteiger partial charge < -0.3 is 0 Å². The lowest BCUT2D eigenvalue weighted by atomic mass is 9.81. The maximum Gasteiger partial charge on any atom is 0.159 e. The molecule has 1 saturated carbocycles. The van der Waals surface area contributed by atoms with Gasteiger partial charge in [0.2, 0.25) is 0 Å². The summed E-state index contributed by atoms with van der Waals surface area (Å²) in [7, 11) is 0. The summed E-state index contributed by atoms with van der Waals surface area (Å²) in [5, 5.41) is 0. The fourth-order valence-electron chi connectivity index (χ4n) is 2.78. The second-order valence-corrected chi connectivity index (χ2v) is 4.99. The number of Topliss-reactive ketones (excluding diaryl/α,β-unsaturated/α-hetero) is 1. The van der Waals surface area contributed by atoms with E-state index in [1.807, 2.05) is 24.3 Å². The smallest absolute Gasteiger partial charge is 0.159 e. The average Bonchev–Trinajstić information content (AvgIpc) is 2.48. The van der Waals surface area contributed by atoms with Crippen LogP contribution in [0.3, 0.4) is 0 Å². The van der Waals surface area contributed by atoms with Gasteiger partial charge in [-0.05, 0) is 30.4 Å². The molecule has 0 spiro atoms. The summed E-state index contributed by atoms with van der Waals surface area (Å²) < 4.78 is 0. The standard InChI is InChI=1S/C16H16N2O/c19-13-6-3-5-12(11-13)14-7-1-2-8-15(14)16-17-9-4-10-18-16/h1-2,4,7-10,12H,3,5-6,11H2. The summed E-state index contributed by atoms with van der Waals surface area (Å²) >= 11 is 0. The van der Waals surface area contributed by atoms with E-state index < -0.39 is 0 Å². The minimum atomic E-state index is 0.321. The van der Waals surface area contributed by atoms with Crippen molar-refractivity contribution < 1.29 is 4.79 Å². The van der Waals surface area contributed by atoms with Crippen LogP contribution in [0.1, 0.15) is 37.2 Å². The van der Waals surface area contributed by atoms with E-state index in [-0.39, 0.29) is 0 Å². The minimum absolute atomic E-state index is 0.321. The molecule has 0 bridgehead atoms. The molecule has 1 aromatic heterocycles. The summed E-state index contributed by atoms with van der Waals surface area (Å²) in [4.78, 5) is 20.3. The van der Waals surface area contributed by atoms with Gasteiger partial charge in [0.15, 0.2) is 5.82 Å². The summed E-state index contributed by atoms with van der Waals surface area (Å²) in [6.45, 7) is 0. The van der Waals surface area contributed by atoms with E-state index in [1.165, 1.54) is 5.56 Å². The Balaban J connectivity index is 2.00. The van der Waals surface area contributed by atoms with Gasteiger partial charge in [-0.25, -0.2) is 9.97 Å². The van der Waals surface area contributed by atoms with Gasteiger partial charge >= 0.3 is 0 Å². The first kappa shape index (κ1) is 12.0. The lowest BCUT2D eigenvalue weighted by Gasteiger charge is -2.23. The van der Waals surface area contributed by atoms with Crippen LogP contribution in [0.15, 0.2) is 42.7 Å². The molecule has 3 heteroatoms. The molecule has 1 aliphatic carbocycles. The number of ketones is 1. The number of carbonyl (C=O) groups excluding carboxylic acids is 1. The van der Waals surface area contributed by atoms with Gasteiger partial charge in [-0.2, -0.15) is 0 Å². The van der Waals surface area contributed by atoms with Crippen molar-refractivity contribution in [3.05, 3.63) is 48.3 Å². The molecule has 2 aromatic rings. The Bertz CT molecular complexity index is 580. The summed E-state index contributed by atoms with van der Waals surface area (Å²) in [5.74, 6) is 1.44. The molecule has 3 nitrogen and oxygen atoms in total. The van der Waals surface area contributed by atoms with E-state index in [1.54, 1.807) is 12.4 Å². The molecular formula is C16H16N2O. The molecule has 0 N–H and O–H groups in total. The van der Waals surface area contributed by atoms with Gasteiger partial charge in [-0.1, -0.05) is 24.3 Å². The van der Waals surface area contributed by atoms with E-state index in [2.05, 4.69) is 16.0 Å².